The Morgan fingerprint density at radius 2 is 1.74 bits per heavy atom. The summed E-state index contributed by atoms with van der Waals surface area (Å²) < 4.78 is 6.91. The van der Waals surface area contributed by atoms with Gasteiger partial charge in [0.25, 0.3) is 5.56 Å². The van der Waals surface area contributed by atoms with E-state index < -0.39 is 0 Å². The predicted octanol–water partition coefficient (Wildman–Crippen LogP) is 3.89. The van der Waals surface area contributed by atoms with Crippen LogP contribution in [0.2, 0.25) is 15.1 Å². The fraction of sp³-hybridized carbons (Fsp3) is 0.154. The minimum atomic E-state index is -0.286. The number of hydrogen-bond acceptors (Lipinski definition) is 2. The molecule has 1 aromatic carbocycles. The summed E-state index contributed by atoms with van der Waals surface area (Å²) in [6, 6.07) is 8.41. The van der Waals surface area contributed by atoms with Gasteiger partial charge in [-0.2, -0.15) is 0 Å². The van der Waals surface area contributed by atoms with Crippen molar-refractivity contribution in [1.29, 1.82) is 0 Å². The van der Waals surface area contributed by atoms with Crippen LogP contribution < -0.4 is 10.3 Å². The Bertz CT molecular complexity index is 623. The molecule has 0 aliphatic carbocycles. The highest BCUT2D eigenvalue weighted by molar-refractivity contribution is 6.34. The van der Waals surface area contributed by atoms with Crippen LogP contribution in [0.5, 0.6) is 5.75 Å². The lowest BCUT2D eigenvalue weighted by Gasteiger charge is -2.09. The first kappa shape index (κ1) is 14.3. The molecule has 1 aromatic heterocycles. The summed E-state index contributed by atoms with van der Waals surface area (Å²) in [5.74, 6) is 0.686. The van der Waals surface area contributed by atoms with Crippen molar-refractivity contribution < 1.29 is 4.74 Å². The third-order valence-corrected chi connectivity index (χ3v) is 3.15. The minimum absolute atomic E-state index is 0.0963. The molecule has 0 fully saturated rings. The Kier molecular flexibility index (Phi) is 4.75. The molecule has 0 amide bonds. The number of pyridine rings is 1. The molecule has 0 bridgehead atoms. The summed E-state index contributed by atoms with van der Waals surface area (Å²) in [7, 11) is 0. The van der Waals surface area contributed by atoms with E-state index in [1.165, 1.54) is 16.8 Å². The van der Waals surface area contributed by atoms with Crippen LogP contribution in [-0.2, 0) is 6.54 Å². The van der Waals surface area contributed by atoms with Crippen molar-refractivity contribution >= 4 is 34.8 Å². The van der Waals surface area contributed by atoms with E-state index in [1.54, 1.807) is 24.3 Å². The first-order chi connectivity index (χ1) is 9.06. The molecule has 0 atom stereocenters. The number of nitrogens with zero attached hydrogens (tertiary/aromatic N) is 1. The average molecular weight is 319 g/mol. The zero-order chi connectivity index (χ0) is 13.8. The average Bonchev–Trinajstić information content (AvgIpc) is 2.37. The molecule has 2 aromatic rings. The Hall–Kier alpha value is -1.16. The zero-order valence-corrected chi connectivity index (χ0v) is 12.0. The first-order valence-electron chi connectivity index (χ1n) is 5.50. The van der Waals surface area contributed by atoms with Gasteiger partial charge in [0.15, 0.2) is 0 Å². The van der Waals surface area contributed by atoms with Gasteiger partial charge < -0.3 is 9.30 Å². The fourth-order valence-electron chi connectivity index (χ4n) is 1.52. The third-order valence-electron chi connectivity index (χ3n) is 2.42. The van der Waals surface area contributed by atoms with E-state index in [1.807, 2.05) is 0 Å². The second-order valence-electron chi connectivity index (χ2n) is 3.81. The molecule has 0 unspecified atom stereocenters. The number of hydrogen-bond donors (Lipinski definition) is 0. The van der Waals surface area contributed by atoms with Crippen LogP contribution in [-0.4, -0.2) is 11.2 Å². The topological polar surface area (TPSA) is 31.2 Å². The van der Waals surface area contributed by atoms with Crippen molar-refractivity contribution in [3.05, 3.63) is 62.0 Å². The van der Waals surface area contributed by atoms with Gasteiger partial charge in [-0.3, -0.25) is 4.79 Å². The smallest absolute Gasteiger partial charge is 0.269 e. The largest absolute Gasteiger partial charge is 0.492 e. The van der Waals surface area contributed by atoms with Gasteiger partial charge in [0.1, 0.15) is 17.4 Å². The summed E-state index contributed by atoms with van der Waals surface area (Å²) in [4.78, 5) is 11.7. The van der Waals surface area contributed by atoms with Crippen LogP contribution in [0, 0.1) is 0 Å². The summed E-state index contributed by atoms with van der Waals surface area (Å²) in [6.45, 7) is 0.694. The van der Waals surface area contributed by atoms with Gasteiger partial charge >= 0.3 is 0 Å². The monoisotopic (exact) mass is 317 g/mol. The van der Waals surface area contributed by atoms with Crippen LogP contribution in [0.3, 0.4) is 0 Å². The van der Waals surface area contributed by atoms with E-state index in [9.17, 15) is 4.79 Å². The van der Waals surface area contributed by atoms with Gasteiger partial charge in [-0.05, 0) is 30.3 Å². The molecule has 0 saturated heterocycles. The second kappa shape index (κ2) is 6.33. The van der Waals surface area contributed by atoms with E-state index >= 15 is 0 Å². The van der Waals surface area contributed by atoms with E-state index in [0.717, 1.165) is 0 Å². The van der Waals surface area contributed by atoms with Gasteiger partial charge in [-0.15, -0.1) is 0 Å². The SMILES string of the molecule is O=c1c(Cl)cc(Cl)cn1CCOc1ccc(Cl)cc1. The standard InChI is InChI=1S/C13H10Cl3NO2/c14-9-1-3-11(4-2-9)19-6-5-17-8-10(15)7-12(16)13(17)18/h1-4,7-8H,5-6H2. The zero-order valence-electron chi connectivity index (χ0n) is 9.78. The lowest BCUT2D eigenvalue weighted by molar-refractivity contribution is 0.296. The lowest BCUT2D eigenvalue weighted by atomic mass is 10.3. The maximum atomic E-state index is 11.7. The maximum Gasteiger partial charge on any atom is 0.269 e. The van der Waals surface area contributed by atoms with E-state index in [2.05, 4.69) is 0 Å². The quantitative estimate of drug-likeness (QED) is 0.856. The highest BCUT2D eigenvalue weighted by Crippen LogP contribution is 2.15. The minimum Gasteiger partial charge on any atom is -0.492 e. The van der Waals surface area contributed by atoms with E-state index in [4.69, 9.17) is 39.5 Å². The van der Waals surface area contributed by atoms with E-state index in [-0.39, 0.29) is 10.6 Å². The third kappa shape index (κ3) is 3.90. The maximum absolute atomic E-state index is 11.7. The Balaban J connectivity index is 2.00. The Morgan fingerprint density at radius 1 is 1.05 bits per heavy atom. The highest BCUT2D eigenvalue weighted by Gasteiger charge is 2.04. The van der Waals surface area contributed by atoms with Crippen LogP contribution >= 0.6 is 34.8 Å². The number of ether oxygens (including phenoxy) is 1. The molecular formula is C13H10Cl3NO2. The number of aromatic nitrogens is 1. The van der Waals surface area contributed by atoms with Crippen molar-refractivity contribution in [3.63, 3.8) is 0 Å². The van der Waals surface area contributed by atoms with Gasteiger partial charge in [0.05, 0.1) is 11.6 Å². The molecule has 0 aliphatic rings. The first-order valence-corrected chi connectivity index (χ1v) is 6.63. The van der Waals surface area contributed by atoms with Crippen LogP contribution in [0.15, 0.2) is 41.3 Å². The number of halogens is 3. The summed E-state index contributed by atoms with van der Waals surface area (Å²) in [6.07, 6.45) is 1.53. The van der Waals surface area contributed by atoms with Crippen molar-refractivity contribution in [2.75, 3.05) is 6.61 Å². The molecule has 2 rings (SSSR count). The van der Waals surface area contributed by atoms with Crippen molar-refractivity contribution in [3.8, 4) is 5.75 Å². The number of rotatable bonds is 4. The molecule has 6 heteroatoms. The van der Waals surface area contributed by atoms with E-state index in [0.29, 0.717) is 28.9 Å². The lowest BCUT2D eigenvalue weighted by Crippen LogP contribution is -2.22. The van der Waals surface area contributed by atoms with Crippen LogP contribution in [0.4, 0.5) is 0 Å². The van der Waals surface area contributed by atoms with Crippen LogP contribution in [0.25, 0.3) is 0 Å². The molecule has 3 nitrogen and oxygen atoms in total. The molecule has 0 aliphatic heterocycles. The summed E-state index contributed by atoms with van der Waals surface area (Å²) in [5, 5.41) is 1.15. The van der Waals surface area contributed by atoms with Crippen molar-refractivity contribution in [1.82, 2.24) is 4.57 Å². The normalized spacial score (nSPS) is 10.5. The molecular weight excluding hydrogens is 309 g/mol. The second-order valence-corrected chi connectivity index (χ2v) is 5.09. The molecule has 100 valence electrons. The molecule has 0 radical (unpaired) electrons. The van der Waals surface area contributed by atoms with Crippen molar-refractivity contribution in [2.24, 2.45) is 0 Å². The van der Waals surface area contributed by atoms with Crippen molar-refractivity contribution in [2.45, 2.75) is 6.54 Å². The van der Waals surface area contributed by atoms with Crippen LogP contribution in [0.1, 0.15) is 0 Å². The molecule has 0 saturated carbocycles. The molecule has 1 heterocycles. The number of benzene rings is 1. The Labute approximate surface area is 125 Å². The molecule has 0 N–H and O–H groups in total. The van der Waals surface area contributed by atoms with Gasteiger partial charge in [-0.25, -0.2) is 0 Å². The summed E-state index contributed by atoms with van der Waals surface area (Å²) in [5.41, 5.74) is -0.286. The van der Waals surface area contributed by atoms with Gasteiger partial charge in [-0.1, -0.05) is 34.8 Å². The fourth-order valence-corrected chi connectivity index (χ4v) is 2.16. The molecule has 19 heavy (non-hydrogen) atoms. The Morgan fingerprint density at radius 3 is 2.42 bits per heavy atom. The highest BCUT2D eigenvalue weighted by atomic mass is 35.5. The van der Waals surface area contributed by atoms with Gasteiger partial charge in [0, 0.05) is 11.2 Å². The van der Waals surface area contributed by atoms with Gasteiger partial charge in [0.2, 0.25) is 0 Å². The summed E-state index contributed by atoms with van der Waals surface area (Å²) >= 11 is 17.4. The molecule has 0 spiro atoms. The predicted molar refractivity (Wildman–Crippen MR) is 77.7 cm³/mol.